The predicted octanol–water partition coefficient (Wildman–Crippen LogP) is 5.85. The van der Waals surface area contributed by atoms with Gasteiger partial charge < -0.3 is 9.64 Å². The lowest BCUT2D eigenvalue weighted by atomic mass is 10.0. The lowest BCUT2D eigenvalue weighted by Gasteiger charge is -2.29. The van der Waals surface area contributed by atoms with E-state index < -0.39 is 0 Å². The number of aromatic nitrogens is 3. The van der Waals surface area contributed by atoms with Crippen LogP contribution in [-0.4, -0.2) is 41.3 Å². The van der Waals surface area contributed by atoms with Gasteiger partial charge in [0.1, 0.15) is 12.1 Å². The summed E-state index contributed by atoms with van der Waals surface area (Å²) in [6.45, 7) is 3.10. The number of benzene rings is 2. The number of nitrogens with zero attached hydrogens (tertiary/aromatic N) is 4. The Morgan fingerprint density at radius 3 is 2.69 bits per heavy atom. The Morgan fingerprint density at radius 2 is 1.88 bits per heavy atom. The second-order valence-corrected chi connectivity index (χ2v) is 9.15. The molecular formula is C24H19ClFIN4O. The molecule has 2 aromatic carbocycles. The fourth-order valence-electron chi connectivity index (χ4n) is 3.90. The molecule has 0 N–H and O–H groups in total. The molecule has 5 nitrogen and oxygen atoms in total. The van der Waals surface area contributed by atoms with Crippen LogP contribution < -0.4 is 4.90 Å². The number of hydrogen-bond donors (Lipinski definition) is 0. The zero-order valence-corrected chi connectivity index (χ0v) is 19.9. The number of halogens is 3. The number of fused-ring (bicyclic) bond motifs is 1. The monoisotopic (exact) mass is 560 g/mol. The van der Waals surface area contributed by atoms with Crippen molar-refractivity contribution in [1.82, 2.24) is 15.0 Å². The largest absolute Gasteiger partial charge is 0.378 e. The fraction of sp³-hybridized carbons (Fsp3) is 0.208. The van der Waals surface area contributed by atoms with Crippen molar-refractivity contribution in [3.63, 3.8) is 0 Å². The van der Waals surface area contributed by atoms with Gasteiger partial charge in [-0.15, -0.1) is 0 Å². The molecule has 1 saturated heterocycles. The third kappa shape index (κ3) is 4.16. The maximum Gasteiger partial charge on any atom is 0.132 e. The molecule has 4 aromatic rings. The first kappa shape index (κ1) is 21.5. The lowest BCUT2D eigenvalue weighted by Crippen LogP contribution is -2.36. The Bertz CT molecular complexity index is 1280. The average Bonchev–Trinajstić information content (AvgIpc) is 2.84. The van der Waals surface area contributed by atoms with E-state index in [2.05, 4.69) is 42.4 Å². The van der Waals surface area contributed by atoms with Crippen molar-refractivity contribution in [2.24, 2.45) is 0 Å². The van der Waals surface area contributed by atoms with E-state index in [1.165, 1.54) is 12.4 Å². The third-order valence-electron chi connectivity index (χ3n) is 5.56. The van der Waals surface area contributed by atoms with E-state index in [0.29, 0.717) is 29.5 Å². The first-order valence-corrected chi connectivity index (χ1v) is 11.9. The van der Waals surface area contributed by atoms with Gasteiger partial charge in [-0.25, -0.2) is 14.4 Å². The number of morpholine rings is 1. The van der Waals surface area contributed by atoms with Crippen LogP contribution in [0.1, 0.15) is 15.2 Å². The predicted molar refractivity (Wildman–Crippen MR) is 133 cm³/mol. The van der Waals surface area contributed by atoms with Gasteiger partial charge in [0.2, 0.25) is 0 Å². The van der Waals surface area contributed by atoms with Crippen LogP contribution in [-0.2, 0) is 4.74 Å². The smallest absolute Gasteiger partial charge is 0.132 e. The minimum absolute atomic E-state index is 0.123. The van der Waals surface area contributed by atoms with Gasteiger partial charge in [-0.2, -0.15) is 0 Å². The quantitative estimate of drug-likeness (QED) is 0.232. The van der Waals surface area contributed by atoms with Gasteiger partial charge in [-0.05, 0) is 48.0 Å². The molecule has 1 unspecified atom stereocenters. The van der Waals surface area contributed by atoms with Gasteiger partial charge in [-0.1, -0.05) is 40.3 Å². The molecule has 8 heteroatoms. The van der Waals surface area contributed by atoms with Crippen LogP contribution in [0.2, 0.25) is 5.02 Å². The molecule has 0 spiro atoms. The first-order chi connectivity index (χ1) is 15.6. The highest BCUT2D eigenvalue weighted by Crippen LogP contribution is 2.37. The zero-order valence-electron chi connectivity index (χ0n) is 17.0. The van der Waals surface area contributed by atoms with Crippen molar-refractivity contribution < 1.29 is 9.13 Å². The zero-order chi connectivity index (χ0) is 22.1. The molecule has 0 amide bonds. The Balaban J connectivity index is 1.56. The molecule has 0 radical (unpaired) electrons. The summed E-state index contributed by atoms with van der Waals surface area (Å²) in [4.78, 5) is 15.6. The van der Waals surface area contributed by atoms with Crippen molar-refractivity contribution in [3.05, 3.63) is 83.2 Å². The summed E-state index contributed by atoms with van der Waals surface area (Å²) in [6, 6.07) is 14.7. The van der Waals surface area contributed by atoms with Crippen LogP contribution in [0.5, 0.6) is 0 Å². The van der Waals surface area contributed by atoms with Crippen molar-refractivity contribution in [1.29, 1.82) is 0 Å². The maximum absolute atomic E-state index is 15.0. The molecule has 2 aromatic heterocycles. The number of pyridine rings is 1. The van der Waals surface area contributed by atoms with E-state index >= 15 is 0 Å². The summed E-state index contributed by atoms with van der Waals surface area (Å²) in [5.74, 6) is -0.332. The fourth-order valence-corrected chi connectivity index (χ4v) is 5.20. The molecule has 0 aliphatic carbocycles. The van der Waals surface area contributed by atoms with Crippen molar-refractivity contribution in [2.75, 3.05) is 31.2 Å². The van der Waals surface area contributed by atoms with Crippen LogP contribution in [0.3, 0.4) is 0 Å². The van der Waals surface area contributed by atoms with Crippen LogP contribution >= 0.6 is 34.2 Å². The molecule has 1 fully saturated rings. The van der Waals surface area contributed by atoms with Gasteiger partial charge in [0.15, 0.2) is 0 Å². The average molecular weight is 561 g/mol. The Labute approximate surface area is 203 Å². The molecule has 1 atom stereocenters. The number of hydrogen-bond acceptors (Lipinski definition) is 5. The third-order valence-corrected chi connectivity index (χ3v) is 7.19. The Kier molecular flexibility index (Phi) is 6.21. The van der Waals surface area contributed by atoms with Crippen molar-refractivity contribution >= 4 is 50.8 Å². The minimum atomic E-state index is -0.332. The second kappa shape index (κ2) is 9.25. The van der Waals surface area contributed by atoms with E-state index in [9.17, 15) is 4.39 Å². The lowest BCUT2D eigenvalue weighted by molar-refractivity contribution is 0.122. The Hall–Kier alpha value is -2.36. The first-order valence-electron chi connectivity index (χ1n) is 10.2. The molecule has 0 saturated carbocycles. The molecular weight excluding hydrogens is 542 g/mol. The van der Waals surface area contributed by atoms with Crippen LogP contribution in [0, 0.1) is 5.82 Å². The molecule has 32 heavy (non-hydrogen) atoms. The van der Waals surface area contributed by atoms with E-state index in [1.54, 1.807) is 18.3 Å². The second-order valence-electron chi connectivity index (χ2n) is 7.50. The topological polar surface area (TPSA) is 51.1 Å². The van der Waals surface area contributed by atoms with Gasteiger partial charge >= 0.3 is 0 Å². The van der Waals surface area contributed by atoms with Crippen LogP contribution in [0.15, 0.2) is 61.1 Å². The molecule has 162 valence electrons. The summed E-state index contributed by atoms with van der Waals surface area (Å²) < 4.78 is 20.3. The van der Waals surface area contributed by atoms with E-state index in [0.717, 1.165) is 40.9 Å². The Morgan fingerprint density at radius 1 is 1.03 bits per heavy atom. The highest BCUT2D eigenvalue weighted by molar-refractivity contribution is 14.1. The minimum Gasteiger partial charge on any atom is -0.378 e. The summed E-state index contributed by atoms with van der Waals surface area (Å²) in [7, 11) is 0. The van der Waals surface area contributed by atoms with Gasteiger partial charge in [0.25, 0.3) is 0 Å². The van der Waals surface area contributed by atoms with Crippen molar-refractivity contribution in [2.45, 2.75) is 3.92 Å². The number of rotatable bonds is 4. The van der Waals surface area contributed by atoms with E-state index in [1.807, 2.05) is 30.3 Å². The molecule has 1 aliphatic rings. The number of ether oxygens (including phenoxy) is 1. The highest BCUT2D eigenvalue weighted by atomic mass is 127. The van der Waals surface area contributed by atoms with Crippen LogP contribution in [0.25, 0.3) is 22.2 Å². The van der Waals surface area contributed by atoms with E-state index in [4.69, 9.17) is 16.3 Å². The standard InChI is InChI=1S/C24H19ClFIN4O/c25-19-2-1-7-28-24(19)22(27)15-3-6-20(26)18(12-15)23-17-5-4-16(13-21(17)29-14-30-23)31-8-10-32-11-9-31/h1-7,12-14,22H,8-11H2. The highest BCUT2D eigenvalue weighted by Gasteiger charge is 2.19. The molecule has 5 rings (SSSR count). The molecule has 1 aliphatic heterocycles. The van der Waals surface area contributed by atoms with Gasteiger partial charge in [-0.3, -0.25) is 4.98 Å². The number of alkyl halides is 1. The van der Waals surface area contributed by atoms with Gasteiger partial charge in [0.05, 0.1) is 39.1 Å². The summed E-state index contributed by atoms with van der Waals surface area (Å²) >= 11 is 8.62. The van der Waals surface area contributed by atoms with Crippen LogP contribution in [0.4, 0.5) is 10.1 Å². The summed E-state index contributed by atoms with van der Waals surface area (Å²) in [5, 5.41) is 1.39. The summed E-state index contributed by atoms with van der Waals surface area (Å²) in [6.07, 6.45) is 3.20. The normalized spacial score (nSPS) is 15.2. The molecule has 3 heterocycles. The van der Waals surface area contributed by atoms with Crippen molar-refractivity contribution in [3.8, 4) is 11.3 Å². The molecule has 0 bridgehead atoms. The van der Waals surface area contributed by atoms with E-state index in [-0.39, 0.29) is 9.74 Å². The van der Waals surface area contributed by atoms with Gasteiger partial charge in [0, 0.05) is 35.9 Å². The number of anilines is 1. The SMILES string of the molecule is Fc1ccc(C(I)c2ncccc2Cl)cc1-c1ncnc2cc(N3CCOCC3)ccc12. The summed E-state index contributed by atoms with van der Waals surface area (Å²) in [5.41, 5.74) is 4.51. The maximum atomic E-state index is 15.0.